The summed E-state index contributed by atoms with van der Waals surface area (Å²) >= 11 is 0. The summed E-state index contributed by atoms with van der Waals surface area (Å²) in [5, 5.41) is 2.68. The van der Waals surface area contributed by atoms with Crippen LogP contribution in [0.2, 0.25) is 0 Å². The molecule has 0 aliphatic carbocycles. The summed E-state index contributed by atoms with van der Waals surface area (Å²) in [7, 11) is 0. The average molecular weight is 466 g/mol. The van der Waals surface area contributed by atoms with E-state index in [0.717, 1.165) is 22.4 Å². The molecule has 0 aliphatic heterocycles. The zero-order valence-electron chi connectivity index (χ0n) is 19.2. The zero-order valence-corrected chi connectivity index (χ0v) is 19.2. The lowest BCUT2D eigenvalue weighted by molar-refractivity contribution is 0.200. The predicted molar refractivity (Wildman–Crippen MR) is 132 cm³/mol. The van der Waals surface area contributed by atoms with Crippen molar-refractivity contribution in [3.63, 3.8) is 0 Å². The highest BCUT2D eigenvalue weighted by atomic mass is 16.6. The highest BCUT2D eigenvalue weighted by molar-refractivity contribution is 5.78. The summed E-state index contributed by atoms with van der Waals surface area (Å²) in [6, 6.07) is 20.4. The second kappa shape index (κ2) is 9.26. The van der Waals surface area contributed by atoms with Crippen LogP contribution >= 0.6 is 0 Å². The van der Waals surface area contributed by atoms with Gasteiger partial charge in [-0.05, 0) is 49.2 Å². The summed E-state index contributed by atoms with van der Waals surface area (Å²) in [4.78, 5) is 33.7. The Morgan fingerprint density at radius 2 is 1.77 bits per heavy atom. The number of para-hydroxylation sites is 2. The summed E-state index contributed by atoms with van der Waals surface area (Å²) < 4.78 is 12.5. The van der Waals surface area contributed by atoms with Gasteiger partial charge < -0.3 is 14.5 Å². The van der Waals surface area contributed by atoms with Crippen molar-refractivity contribution in [1.29, 1.82) is 0 Å². The van der Waals surface area contributed by atoms with Gasteiger partial charge in [0.25, 0.3) is 0 Å². The Hall–Kier alpha value is -4.72. The molecular formula is C27H22N4O4. The molecule has 0 saturated carbocycles. The molecule has 0 saturated heterocycles. The summed E-state index contributed by atoms with van der Waals surface area (Å²) in [5.74, 6) is -0.247. The molecule has 2 aromatic heterocycles. The standard InChI is InChI=1S/C27H22N4O4/c1-17-7-9-19(10-8-17)20-11-22(31-24-5-3-4-6-25(24)35-27(31)33)13-23(12-20)34-26(32)30-16-21-15-28-18(2)14-29-21/h3-15H,16H2,1-2H3,(H,30,32). The van der Waals surface area contributed by atoms with E-state index in [1.807, 2.05) is 50.2 Å². The number of rotatable bonds is 5. The maximum Gasteiger partial charge on any atom is 0.424 e. The van der Waals surface area contributed by atoms with Crippen LogP contribution in [0.4, 0.5) is 4.79 Å². The first-order chi connectivity index (χ1) is 17.0. The summed E-state index contributed by atoms with van der Waals surface area (Å²) in [6.07, 6.45) is 2.58. The molecule has 0 bridgehead atoms. The molecule has 1 amide bonds. The molecule has 8 nitrogen and oxygen atoms in total. The number of amides is 1. The zero-order chi connectivity index (χ0) is 24.4. The lowest BCUT2D eigenvalue weighted by atomic mass is 10.0. The normalized spacial score (nSPS) is 10.9. The van der Waals surface area contributed by atoms with Gasteiger partial charge in [-0.25, -0.2) is 14.2 Å². The van der Waals surface area contributed by atoms with Gasteiger partial charge in [0, 0.05) is 12.3 Å². The van der Waals surface area contributed by atoms with Crippen molar-refractivity contribution in [3.05, 3.63) is 107 Å². The maximum atomic E-state index is 12.7. The van der Waals surface area contributed by atoms with E-state index >= 15 is 0 Å². The highest BCUT2D eigenvalue weighted by Crippen LogP contribution is 2.29. The fourth-order valence-electron chi connectivity index (χ4n) is 3.71. The number of nitrogens with zero attached hydrogens (tertiary/aromatic N) is 3. The predicted octanol–water partition coefficient (Wildman–Crippen LogP) is 4.95. The van der Waals surface area contributed by atoms with E-state index in [1.54, 1.807) is 42.7 Å². The number of carbonyl (C=O) groups excluding carboxylic acids is 1. The maximum absolute atomic E-state index is 12.7. The van der Waals surface area contributed by atoms with E-state index in [4.69, 9.17) is 9.15 Å². The molecule has 35 heavy (non-hydrogen) atoms. The first-order valence-electron chi connectivity index (χ1n) is 11.0. The van der Waals surface area contributed by atoms with Crippen molar-refractivity contribution in [2.75, 3.05) is 0 Å². The van der Waals surface area contributed by atoms with Crippen LogP contribution in [0.25, 0.3) is 27.9 Å². The Kier molecular flexibility index (Phi) is 5.85. The Morgan fingerprint density at radius 1 is 0.971 bits per heavy atom. The van der Waals surface area contributed by atoms with Crippen molar-refractivity contribution in [3.8, 4) is 22.6 Å². The van der Waals surface area contributed by atoms with Gasteiger partial charge in [0.05, 0.1) is 35.3 Å². The van der Waals surface area contributed by atoms with Crippen molar-refractivity contribution < 1.29 is 13.9 Å². The van der Waals surface area contributed by atoms with E-state index in [2.05, 4.69) is 15.3 Å². The molecule has 0 unspecified atom stereocenters. The van der Waals surface area contributed by atoms with Crippen LogP contribution in [-0.2, 0) is 6.54 Å². The SMILES string of the molecule is Cc1ccc(-c2cc(OC(=O)NCc3cnc(C)cn3)cc(-n3c(=O)oc4ccccc43)c2)cc1. The number of aromatic nitrogens is 3. The third-order valence-electron chi connectivity index (χ3n) is 5.48. The number of benzene rings is 3. The lowest BCUT2D eigenvalue weighted by Gasteiger charge is -2.12. The number of hydrogen-bond donors (Lipinski definition) is 1. The minimum Gasteiger partial charge on any atom is -0.410 e. The van der Waals surface area contributed by atoms with Crippen LogP contribution in [0, 0.1) is 13.8 Å². The topological polar surface area (TPSA) is 99.2 Å². The largest absolute Gasteiger partial charge is 0.424 e. The van der Waals surface area contributed by atoms with Gasteiger partial charge in [-0.1, -0.05) is 42.0 Å². The van der Waals surface area contributed by atoms with Gasteiger partial charge in [-0.3, -0.25) is 9.97 Å². The quantitative estimate of drug-likeness (QED) is 0.394. The second-order valence-corrected chi connectivity index (χ2v) is 8.14. The number of ether oxygens (including phenoxy) is 1. The van der Waals surface area contributed by atoms with Gasteiger partial charge in [0.15, 0.2) is 5.58 Å². The number of aryl methyl sites for hydroxylation is 2. The molecule has 0 radical (unpaired) electrons. The van der Waals surface area contributed by atoms with E-state index in [-0.39, 0.29) is 12.3 Å². The molecule has 1 N–H and O–H groups in total. The molecule has 2 heterocycles. The molecular weight excluding hydrogens is 444 g/mol. The molecule has 0 fully saturated rings. The molecule has 3 aromatic carbocycles. The molecule has 174 valence electrons. The third-order valence-corrected chi connectivity index (χ3v) is 5.48. The Bertz CT molecular complexity index is 1570. The summed E-state index contributed by atoms with van der Waals surface area (Å²) in [5.41, 5.74) is 5.83. The van der Waals surface area contributed by atoms with Crippen LogP contribution in [0.3, 0.4) is 0 Å². The highest BCUT2D eigenvalue weighted by Gasteiger charge is 2.15. The van der Waals surface area contributed by atoms with E-state index in [0.29, 0.717) is 22.5 Å². The number of nitrogens with one attached hydrogen (secondary N) is 1. The van der Waals surface area contributed by atoms with Crippen molar-refractivity contribution in [1.82, 2.24) is 19.9 Å². The molecule has 8 heteroatoms. The fraction of sp³-hybridized carbons (Fsp3) is 0.111. The Balaban J connectivity index is 1.50. The fourth-order valence-corrected chi connectivity index (χ4v) is 3.71. The van der Waals surface area contributed by atoms with Crippen LogP contribution in [-0.4, -0.2) is 20.6 Å². The van der Waals surface area contributed by atoms with Crippen molar-refractivity contribution in [2.45, 2.75) is 20.4 Å². The van der Waals surface area contributed by atoms with Gasteiger partial charge in [0.2, 0.25) is 0 Å². The summed E-state index contributed by atoms with van der Waals surface area (Å²) in [6.45, 7) is 4.02. The molecule has 0 aliphatic rings. The molecule has 0 atom stereocenters. The van der Waals surface area contributed by atoms with Gasteiger partial charge >= 0.3 is 11.8 Å². The van der Waals surface area contributed by atoms with Crippen molar-refractivity contribution >= 4 is 17.2 Å². The average Bonchev–Trinajstić information content (AvgIpc) is 3.19. The molecule has 5 aromatic rings. The van der Waals surface area contributed by atoms with Crippen LogP contribution in [0.1, 0.15) is 17.0 Å². The van der Waals surface area contributed by atoms with Crippen molar-refractivity contribution in [2.24, 2.45) is 0 Å². The first-order valence-corrected chi connectivity index (χ1v) is 11.0. The number of hydrogen-bond acceptors (Lipinski definition) is 6. The monoisotopic (exact) mass is 466 g/mol. The van der Waals surface area contributed by atoms with Gasteiger partial charge in [-0.15, -0.1) is 0 Å². The van der Waals surface area contributed by atoms with Crippen LogP contribution in [0.15, 0.2) is 88.3 Å². The van der Waals surface area contributed by atoms with Crippen LogP contribution in [0.5, 0.6) is 5.75 Å². The minimum atomic E-state index is -0.649. The number of oxazole rings is 1. The number of carbonyl (C=O) groups is 1. The van der Waals surface area contributed by atoms with E-state index in [9.17, 15) is 9.59 Å². The van der Waals surface area contributed by atoms with Gasteiger partial charge in [0.1, 0.15) is 5.75 Å². The molecule has 0 spiro atoms. The molecule has 5 rings (SSSR count). The Labute approximate surface area is 200 Å². The third kappa shape index (κ3) is 4.81. The lowest BCUT2D eigenvalue weighted by Crippen LogP contribution is -2.26. The van der Waals surface area contributed by atoms with Crippen LogP contribution < -0.4 is 15.8 Å². The Morgan fingerprint density at radius 3 is 2.54 bits per heavy atom. The number of fused-ring (bicyclic) bond motifs is 1. The minimum absolute atomic E-state index is 0.169. The smallest absolute Gasteiger partial charge is 0.410 e. The second-order valence-electron chi connectivity index (χ2n) is 8.14. The van der Waals surface area contributed by atoms with E-state index < -0.39 is 11.8 Å². The van der Waals surface area contributed by atoms with Gasteiger partial charge in [-0.2, -0.15) is 0 Å². The first kappa shape index (κ1) is 22.1. The van der Waals surface area contributed by atoms with E-state index in [1.165, 1.54) is 4.57 Å².